The Labute approximate surface area is 166 Å². The molecule has 1 amide bonds. The van der Waals surface area contributed by atoms with E-state index in [1.165, 1.54) is 19.2 Å². The van der Waals surface area contributed by atoms with Crippen molar-refractivity contribution >= 4 is 21.4 Å². The molecule has 0 saturated heterocycles. The Morgan fingerprint density at radius 1 is 1.00 bits per heavy atom. The van der Waals surface area contributed by atoms with Gasteiger partial charge in [-0.3, -0.25) is 4.79 Å². The first kappa shape index (κ1) is 21.8. The number of para-hydroxylation sites is 1. The van der Waals surface area contributed by atoms with Crippen molar-refractivity contribution in [3.05, 3.63) is 48.0 Å². The van der Waals surface area contributed by atoms with Crippen LogP contribution in [-0.2, 0) is 21.1 Å². The summed E-state index contributed by atoms with van der Waals surface area (Å²) >= 11 is 0. The number of sulfone groups is 1. The van der Waals surface area contributed by atoms with E-state index in [4.69, 9.17) is 9.47 Å². The minimum absolute atomic E-state index is 0.0939. The minimum atomic E-state index is -3.48. The van der Waals surface area contributed by atoms with Gasteiger partial charge in [0.05, 0.1) is 36.5 Å². The maximum atomic E-state index is 12.8. The Balaban J connectivity index is 2.30. The second kappa shape index (κ2) is 9.59. The van der Waals surface area contributed by atoms with Crippen LogP contribution in [0.2, 0.25) is 0 Å². The smallest absolute Gasteiger partial charge is 0.229 e. The monoisotopic (exact) mass is 405 g/mol. The van der Waals surface area contributed by atoms with E-state index in [-0.39, 0.29) is 17.2 Å². The van der Waals surface area contributed by atoms with Crippen LogP contribution in [0.1, 0.15) is 32.3 Å². The molecule has 2 aromatic rings. The molecule has 0 saturated carbocycles. The standard InChI is InChI=1S/C21H27NO5S/c1-5-16(6-2)28(24,25)17-11-12-20(27-4)18(14-17)22-21(23)13-15-9-7-8-10-19(15)26-3/h7-12,14,16H,5-6,13H2,1-4H3,(H,22,23). The van der Waals surface area contributed by atoms with Crippen molar-refractivity contribution in [1.82, 2.24) is 0 Å². The maximum absolute atomic E-state index is 12.8. The molecule has 0 aliphatic heterocycles. The Hall–Kier alpha value is -2.54. The van der Waals surface area contributed by atoms with Crippen molar-refractivity contribution in [1.29, 1.82) is 0 Å². The summed E-state index contributed by atoms with van der Waals surface area (Å²) in [6.07, 6.45) is 1.15. The van der Waals surface area contributed by atoms with Crippen molar-refractivity contribution < 1.29 is 22.7 Å². The van der Waals surface area contributed by atoms with E-state index in [2.05, 4.69) is 5.32 Å². The summed E-state index contributed by atoms with van der Waals surface area (Å²) in [4.78, 5) is 12.7. The van der Waals surface area contributed by atoms with E-state index in [1.54, 1.807) is 19.2 Å². The summed E-state index contributed by atoms with van der Waals surface area (Å²) in [5.74, 6) is 0.728. The highest BCUT2D eigenvalue weighted by atomic mass is 32.2. The fraction of sp³-hybridized carbons (Fsp3) is 0.381. The SMILES string of the molecule is CCC(CC)S(=O)(=O)c1ccc(OC)c(NC(=O)Cc2ccccc2OC)c1. The highest BCUT2D eigenvalue weighted by Crippen LogP contribution is 2.30. The Bertz CT molecular complexity index is 920. The molecule has 0 spiro atoms. The number of hydrogen-bond acceptors (Lipinski definition) is 5. The van der Waals surface area contributed by atoms with Crippen LogP contribution in [0.4, 0.5) is 5.69 Å². The normalized spacial score (nSPS) is 11.3. The number of ether oxygens (including phenoxy) is 2. The van der Waals surface area contributed by atoms with Gasteiger partial charge in [0.1, 0.15) is 11.5 Å². The van der Waals surface area contributed by atoms with Gasteiger partial charge in [-0.1, -0.05) is 32.0 Å². The lowest BCUT2D eigenvalue weighted by atomic mass is 10.1. The van der Waals surface area contributed by atoms with Gasteiger partial charge < -0.3 is 14.8 Å². The fourth-order valence-corrected chi connectivity index (χ4v) is 4.90. The molecule has 0 atom stereocenters. The van der Waals surface area contributed by atoms with E-state index in [0.29, 0.717) is 30.0 Å². The third kappa shape index (κ3) is 4.84. The van der Waals surface area contributed by atoms with Gasteiger partial charge in [0.15, 0.2) is 9.84 Å². The lowest BCUT2D eigenvalue weighted by Crippen LogP contribution is -2.20. The molecule has 0 radical (unpaired) electrons. The zero-order chi connectivity index (χ0) is 20.7. The summed E-state index contributed by atoms with van der Waals surface area (Å²) in [5, 5.41) is 2.30. The van der Waals surface area contributed by atoms with Crippen molar-refractivity contribution in [3.8, 4) is 11.5 Å². The van der Waals surface area contributed by atoms with Gasteiger partial charge in [0.25, 0.3) is 0 Å². The molecule has 7 heteroatoms. The molecular weight excluding hydrogens is 378 g/mol. The van der Waals surface area contributed by atoms with Crippen LogP contribution in [0, 0.1) is 0 Å². The van der Waals surface area contributed by atoms with E-state index in [0.717, 1.165) is 5.56 Å². The van der Waals surface area contributed by atoms with Gasteiger partial charge >= 0.3 is 0 Å². The van der Waals surface area contributed by atoms with Crippen molar-refractivity contribution in [2.75, 3.05) is 19.5 Å². The van der Waals surface area contributed by atoms with Crippen molar-refractivity contribution in [2.24, 2.45) is 0 Å². The van der Waals surface area contributed by atoms with Gasteiger partial charge in [0.2, 0.25) is 5.91 Å². The number of amides is 1. The summed E-state index contributed by atoms with van der Waals surface area (Å²) in [5.41, 5.74) is 1.07. The first-order valence-electron chi connectivity index (χ1n) is 9.21. The zero-order valence-electron chi connectivity index (χ0n) is 16.7. The lowest BCUT2D eigenvalue weighted by Gasteiger charge is -2.16. The lowest BCUT2D eigenvalue weighted by molar-refractivity contribution is -0.115. The molecule has 2 rings (SSSR count). The largest absolute Gasteiger partial charge is 0.496 e. The second-order valence-corrected chi connectivity index (χ2v) is 8.61. The molecular formula is C21H27NO5S. The van der Waals surface area contributed by atoms with Crippen LogP contribution in [0.5, 0.6) is 11.5 Å². The van der Waals surface area contributed by atoms with Crippen LogP contribution in [-0.4, -0.2) is 33.8 Å². The quantitative estimate of drug-likeness (QED) is 0.685. The van der Waals surface area contributed by atoms with E-state index in [1.807, 2.05) is 32.0 Å². The number of rotatable bonds is 9. The molecule has 2 aromatic carbocycles. The van der Waals surface area contributed by atoms with Crippen LogP contribution in [0.25, 0.3) is 0 Å². The van der Waals surface area contributed by atoms with Gasteiger partial charge in [-0.25, -0.2) is 8.42 Å². The third-order valence-corrected chi connectivity index (χ3v) is 7.12. The zero-order valence-corrected chi connectivity index (χ0v) is 17.5. The van der Waals surface area contributed by atoms with Crippen LogP contribution >= 0.6 is 0 Å². The van der Waals surface area contributed by atoms with E-state index >= 15 is 0 Å². The first-order chi connectivity index (χ1) is 13.4. The highest BCUT2D eigenvalue weighted by Gasteiger charge is 2.25. The maximum Gasteiger partial charge on any atom is 0.229 e. The fourth-order valence-electron chi connectivity index (χ4n) is 3.10. The molecule has 152 valence electrons. The number of nitrogens with one attached hydrogen (secondary N) is 1. The number of methoxy groups -OCH3 is 2. The molecule has 0 heterocycles. The number of carbonyl (C=O) groups excluding carboxylic acids is 1. The van der Waals surface area contributed by atoms with E-state index in [9.17, 15) is 13.2 Å². The van der Waals surface area contributed by atoms with Crippen molar-refractivity contribution in [2.45, 2.75) is 43.3 Å². The number of hydrogen-bond donors (Lipinski definition) is 1. The summed E-state index contributed by atoms with van der Waals surface area (Å²) < 4.78 is 36.2. The molecule has 0 aliphatic rings. The predicted molar refractivity (Wildman–Crippen MR) is 110 cm³/mol. The van der Waals surface area contributed by atoms with Crippen molar-refractivity contribution in [3.63, 3.8) is 0 Å². The third-order valence-electron chi connectivity index (χ3n) is 4.67. The molecule has 28 heavy (non-hydrogen) atoms. The van der Waals surface area contributed by atoms with Crippen LogP contribution in [0.3, 0.4) is 0 Å². The van der Waals surface area contributed by atoms with Gasteiger partial charge in [-0.05, 0) is 37.1 Å². The van der Waals surface area contributed by atoms with Gasteiger partial charge in [-0.2, -0.15) is 0 Å². The van der Waals surface area contributed by atoms with Gasteiger partial charge in [0, 0.05) is 5.56 Å². The summed E-state index contributed by atoms with van der Waals surface area (Å²) in [6.45, 7) is 3.70. The van der Waals surface area contributed by atoms with E-state index < -0.39 is 15.1 Å². The molecule has 0 fully saturated rings. The molecule has 6 nitrogen and oxygen atoms in total. The topological polar surface area (TPSA) is 81.7 Å². The predicted octanol–water partition coefficient (Wildman–Crippen LogP) is 3.85. The van der Waals surface area contributed by atoms with Crippen LogP contribution < -0.4 is 14.8 Å². The number of benzene rings is 2. The highest BCUT2D eigenvalue weighted by molar-refractivity contribution is 7.92. The summed E-state index contributed by atoms with van der Waals surface area (Å²) in [6, 6.07) is 11.8. The number of anilines is 1. The second-order valence-electron chi connectivity index (χ2n) is 6.38. The number of carbonyl (C=O) groups is 1. The van der Waals surface area contributed by atoms with Gasteiger partial charge in [-0.15, -0.1) is 0 Å². The van der Waals surface area contributed by atoms with Crippen LogP contribution in [0.15, 0.2) is 47.4 Å². The average Bonchev–Trinajstić information content (AvgIpc) is 2.69. The molecule has 0 unspecified atom stereocenters. The Morgan fingerprint density at radius 3 is 2.25 bits per heavy atom. The Kier molecular flexibility index (Phi) is 7.45. The molecule has 0 bridgehead atoms. The first-order valence-corrected chi connectivity index (χ1v) is 10.8. The molecule has 1 N–H and O–H groups in total. The summed E-state index contributed by atoms with van der Waals surface area (Å²) in [7, 11) is -0.461. The molecule has 0 aliphatic carbocycles. The Morgan fingerprint density at radius 2 is 1.64 bits per heavy atom. The average molecular weight is 406 g/mol. The molecule has 0 aromatic heterocycles. The minimum Gasteiger partial charge on any atom is -0.496 e.